The van der Waals surface area contributed by atoms with E-state index < -0.39 is 11.9 Å². The number of ether oxygens (including phenoxy) is 2. The van der Waals surface area contributed by atoms with E-state index in [2.05, 4.69) is 21.4 Å². The third kappa shape index (κ3) is 7.54. The van der Waals surface area contributed by atoms with Crippen LogP contribution < -0.4 is 5.32 Å². The van der Waals surface area contributed by atoms with Gasteiger partial charge in [-0.2, -0.15) is 0 Å². The highest BCUT2D eigenvalue weighted by molar-refractivity contribution is 5.82. The van der Waals surface area contributed by atoms with Crippen molar-refractivity contribution in [3.8, 4) is 0 Å². The summed E-state index contributed by atoms with van der Waals surface area (Å²) in [5.41, 5.74) is 0. The van der Waals surface area contributed by atoms with E-state index in [9.17, 15) is 14.4 Å². The topological polar surface area (TPSA) is 81.7 Å². The highest BCUT2D eigenvalue weighted by Gasteiger charge is 2.06. The van der Waals surface area contributed by atoms with Crippen LogP contribution in [0.25, 0.3) is 0 Å². The van der Waals surface area contributed by atoms with Gasteiger partial charge in [0.05, 0.1) is 20.1 Å². The van der Waals surface area contributed by atoms with Gasteiger partial charge in [0.15, 0.2) is 0 Å². The number of methoxy groups -OCH3 is 1. The van der Waals surface area contributed by atoms with Crippen LogP contribution in [0, 0.1) is 0 Å². The average molecular weight is 229 g/mol. The van der Waals surface area contributed by atoms with Gasteiger partial charge >= 0.3 is 11.9 Å². The van der Waals surface area contributed by atoms with Crippen molar-refractivity contribution in [2.24, 2.45) is 0 Å². The first kappa shape index (κ1) is 14.2. The second kappa shape index (κ2) is 8.46. The van der Waals surface area contributed by atoms with Crippen molar-refractivity contribution in [3.05, 3.63) is 12.7 Å². The van der Waals surface area contributed by atoms with Gasteiger partial charge in [0.2, 0.25) is 5.91 Å². The van der Waals surface area contributed by atoms with Crippen molar-refractivity contribution >= 4 is 17.8 Å². The van der Waals surface area contributed by atoms with Gasteiger partial charge in [-0.3, -0.25) is 9.59 Å². The summed E-state index contributed by atoms with van der Waals surface area (Å²) < 4.78 is 9.00. The van der Waals surface area contributed by atoms with Crippen LogP contribution in [0.15, 0.2) is 12.7 Å². The molecule has 1 N–H and O–H groups in total. The Kier molecular flexibility index (Phi) is 7.48. The number of carbonyl (C=O) groups is 3. The van der Waals surface area contributed by atoms with Crippen molar-refractivity contribution in [1.29, 1.82) is 0 Å². The summed E-state index contributed by atoms with van der Waals surface area (Å²) in [5.74, 6) is -1.27. The number of amides is 1. The van der Waals surface area contributed by atoms with Gasteiger partial charge in [0.25, 0.3) is 0 Å². The van der Waals surface area contributed by atoms with Crippen molar-refractivity contribution in [2.75, 3.05) is 20.3 Å². The average Bonchev–Trinajstić information content (AvgIpc) is 2.31. The van der Waals surface area contributed by atoms with Crippen LogP contribution in [0.2, 0.25) is 0 Å². The van der Waals surface area contributed by atoms with Crippen LogP contribution in [0.4, 0.5) is 0 Å². The first-order valence-corrected chi connectivity index (χ1v) is 4.73. The largest absolute Gasteiger partial charge is 0.469 e. The second-order valence-corrected chi connectivity index (χ2v) is 2.80. The molecule has 16 heavy (non-hydrogen) atoms. The Morgan fingerprint density at radius 1 is 1.31 bits per heavy atom. The molecule has 0 aromatic carbocycles. The molecule has 0 rings (SSSR count). The lowest BCUT2D eigenvalue weighted by Gasteiger charge is -2.04. The molecule has 0 heterocycles. The minimum Gasteiger partial charge on any atom is -0.469 e. The van der Waals surface area contributed by atoms with E-state index in [0.717, 1.165) is 6.08 Å². The Morgan fingerprint density at radius 3 is 2.56 bits per heavy atom. The molecule has 0 aliphatic carbocycles. The maximum atomic E-state index is 11.1. The highest BCUT2D eigenvalue weighted by Crippen LogP contribution is 1.91. The fourth-order valence-electron chi connectivity index (χ4n) is 0.807. The first-order valence-electron chi connectivity index (χ1n) is 4.73. The molecule has 1 amide bonds. The highest BCUT2D eigenvalue weighted by atomic mass is 16.5. The normalized spacial score (nSPS) is 9.06. The lowest BCUT2D eigenvalue weighted by molar-refractivity contribution is -0.142. The number of hydrogen-bond donors (Lipinski definition) is 1. The van der Waals surface area contributed by atoms with E-state index in [4.69, 9.17) is 0 Å². The molecule has 0 radical (unpaired) electrons. The molecule has 6 heteroatoms. The Balaban J connectivity index is 3.47. The summed E-state index contributed by atoms with van der Waals surface area (Å²) in [6, 6.07) is 0. The number of rotatable bonds is 7. The first-order chi connectivity index (χ1) is 7.60. The van der Waals surface area contributed by atoms with Gasteiger partial charge in [0, 0.05) is 12.5 Å². The lowest BCUT2D eigenvalue weighted by atomic mass is 10.3. The Hall–Kier alpha value is -1.85. The van der Waals surface area contributed by atoms with Crippen LogP contribution >= 0.6 is 0 Å². The van der Waals surface area contributed by atoms with Crippen molar-refractivity contribution < 1.29 is 23.9 Å². The molecule has 0 saturated carbocycles. The van der Waals surface area contributed by atoms with Gasteiger partial charge < -0.3 is 14.8 Å². The molecule has 0 aromatic heterocycles. The van der Waals surface area contributed by atoms with Crippen LogP contribution in [0.5, 0.6) is 0 Å². The smallest absolute Gasteiger partial charge is 0.330 e. The van der Waals surface area contributed by atoms with Crippen LogP contribution in [-0.4, -0.2) is 38.1 Å². The van der Waals surface area contributed by atoms with Crippen LogP contribution in [0.1, 0.15) is 12.8 Å². The maximum Gasteiger partial charge on any atom is 0.330 e. The third-order valence-electron chi connectivity index (χ3n) is 1.62. The molecule has 0 spiro atoms. The fraction of sp³-hybridized carbons (Fsp3) is 0.500. The zero-order valence-electron chi connectivity index (χ0n) is 9.15. The van der Waals surface area contributed by atoms with E-state index in [1.807, 2.05) is 0 Å². The van der Waals surface area contributed by atoms with E-state index >= 15 is 0 Å². The fourth-order valence-corrected chi connectivity index (χ4v) is 0.807. The van der Waals surface area contributed by atoms with E-state index in [1.165, 1.54) is 7.11 Å². The molecule has 0 aliphatic rings. The lowest BCUT2D eigenvalue weighted by Crippen LogP contribution is -2.28. The molecular weight excluding hydrogens is 214 g/mol. The molecular formula is C10H15NO5. The van der Waals surface area contributed by atoms with Gasteiger partial charge in [-0.15, -0.1) is 0 Å². The zero-order chi connectivity index (χ0) is 12.4. The Labute approximate surface area is 93.6 Å². The van der Waals surface area contributed by atoms with Crippen molar-refractivity contribution in [2.45, 2.75) is 12.8 Å². The summed E-state index contributed by atoms with van der Waals surface area (Å²) in [7, 11) is 1.26. The van der Waals surface area contributed by atoms with Gasteiger partial charge in [-0.25, -0.2) is 4.79 Å². The summed E-state index contributed by atoms with van der Waals surface area (Å²) in [5, 5.41) is 2.48. The predicted octanol–water partition coefficient (Wildman–Crippen LogP) is -0.215. The predicted molar refractivity (Wildman–Crippen MR) is 55.4 cm³/mol. The third-order valence-corrected chi connectivity index (χ3v) is 1.62. The summed E-state index contributed by atoms with van der Waals surface area (Å²) >= 11 is 0. The van der Waals surface area contributed by atoms with E-state index in [-0.39, 0.29) is 31.9 Å². The van der Waals surface area contributed by atoms with Crippen molar-refractivity contribution in [1.82, 2.24) is 5.32 Å². The molecule has 0 fully saturated rings. The van der Waals surface area contributed by atoms with E-state index in [1.54, 1.807) is 0 Å². The standard InChI is InChI=1S/C10H15NO5/c1-3-9(13)16-7-6-11-8(12)4-5-10(14)15-2/h3H,1,4-7H2,2H3,(H,11,12). The SMILES string of the molecule is C=CC(=O)OCCNC(=O)CCC(=O)OC. The maximum absolute atomic E-state index is 11.1. The summed E-state index contributed by atoms with van der Waals surface area (Å²) in [6.45, 7) is 3.51. The van der Waals surface area contributed by atoms with Gasteiger partial charge in [-0.05, 0) is 0 Å². The number of hydrogen-bond acceptors (Lipinski definition) is 5. The zero-order valence-corrected chi connectivity index (χ0v) is 9.15. The van der Waals surface area contributed by atoms with Crippen LogP contribution in [-0.2, 0) is 23.9 Å². The molecule has 0 aromatic rings. The molecule has 6 nitrogen and oxygen atoms in total. The number of esters is 2. The minimum atomic E-state index is -0.538. The minimum absolute atomic E-state index is 0.0365. The van der Waals surface area contributed by atoms with E-state index in [0.29, 0.717) is 0 Å². The monoisotopic (exact) mass is 229 g/mol. The quantitative estimate of drug-likeness (QED) is 0.371. The van der Waals surface area contributed by atoms with Gasteiger partial charge in [0.1, 0.15) is 6.61 Å². The van der Waals surface area contributed by atoms with Crippen molar-refractivity contribution in [3.63, 3.8) is 0 Å². The molecule has 90 valence electrons. The molecule has 0 saturated heterocycles. The Bertz CT molecular complexity index is 274. The van der Waals surface area contributed by atoms with Crippen LogP contribution in [0.3, 0.4) is 0 Å². The number of nitrogens with one attached hydrogen (secondary N) is 1. The molecule has 0 aliphatic heterocycles. The molecule has 0 bridgehead atoms. The second-order valence-electron chi connectivity index (χ2n) is 2.80. The number of carbonyl (C=O) groups excluding carboxylic acids is 3. The summed E-state index contributed by atoms with van der Waals surface area (Å²) in [4.78, 5) is 32.4. The summed E-state index contributed by atoms with van der Waals surface area (Å²) in [6.07, 6.45) is 1.13. The van der Waals surface area contributed by atoms with Gasteiger partial charge in [-0.1, -0.05) is 6.58 Å². The Morgan fingerprint density at radius 2 is 2.00 bits per heavy atom. The molecule has 0 atom stereocenters. The molecule has 0 unspecified atom stereocenters.